The smallest absolute Gasteiger partial charge is 0.346 e. The van der Waals surface area contributed by atoms with Gasteiger partial charge in [-0.3, -0.25) is 4.68 Å². The van der Waals surface area contributed by atoms with Crippen molar-refractivity contribution in [1.29, 1.82) is 0 Å². The molecule has 0 spiro atoms. The van der Waals surface area contributed by atoms with Gasteiger partial charge < -0.3 is 5.11 Å². The van der Waals surface area contributed by atoms with E-state index in [0.717, 1.165) is 17.6 Å². The molecule has 2 aromatic rings. The van der Waals surface area contributed by atoms with E-state index in [4.69, 9.17) is 5.11 Å². The number of carboxylic acid groups (broad SMARTS) is 1. The van der Waals surface area contributed by atoms with Crippen LogP contribution in [0.2, 0.25) is 0 Å². The highest BCUT2D eigenvalue weighted by molar-refractivity contribution is 7.90. The number of rotatable bonds is 4. The fourth-order valence-electron chi connectivity index (χ4n) is 1.44. The van der Waals surface area contributed by atoms with Gasteiger partial charge in [-0.2, -0.15) is 5.10 Å². The van der Waals surface area contributed by atoms with Crippen molar-refractivity contribution < 1.29 is 18.3 Å². The molecule has 96 valence electrons. The molecule has 0 bridgehead atoms. The third kappa shape index (κ3) is 2.59. The first-order chi connectivity index (χ1) is 8.38. The summed E-state index contributed by atoms with van der Waals surface area (Å²) in [7, 11) is -3.28. The molecule has 0 radical (unpaired) electrons. The number of carboxylic acids is 1. The van der Waals surface area contributed by atoms with Gasteiger partial charge in [-0.25, -0.2) is 13.2 Å². The van der Waals surface area contributed by atoms with Crippen LogP contribution in [-0.4, -0.2) is 35.5 Å². The predicted molar refractivity (Wildman–Crippen MR) is 65.7 cm³/mol. The second-order valence-electron chi connectivity index (χ2n) is 3.73. The summed E-state index contributed by atoms with van der Waals surface area (Å²) >= 11 is 1.13. The van der Waals surface area contributed by atoms with Gasteiger partial charge in [-0.05, 0) is 17.0 Å². The van der Waals surface area contributed by atoms with E-state index in [1.54, 1.807) is 11.4 Å². The van der Waals surface area contributed by atoms with Gasteiger partial charge in [0.1, 0.15) is 9.77 Å². The van der Waals surface area contributed by atoms with Crippen molar-refractivity contribution in [3.05, 3.63) is 34.3 Å². The minimum Gasteiger partial charge on any atom is -0.477 e. The number of nitrogens with zero attached hydrogens (tertiary/aromatic N) is 2. The first-order valence-corrected chi connectivity index (χ1v) is 7.67. The SMILES string of the molecule is CS(=O)(=O)c1cnn(Cc2ccsc2C(=O)O)c1. The van der Waals surface area contributed by atoms with Gasteiger partial charge in [0, 0.05) is 12.5 Å². The van der Waals surface area contributed by atoms with E-state index in [0.29, 0.717) is 5.56 Å². The van der Waals surface area contributed by atoms with Gasteiger partial charge in [-0.15, -0.1) is 11.3 Å². The Morgan fingerprint density at radius 2 is 2.28 bits per heavy atom. The topological polar surface area (TPSA) is 89.3 Å². The van der Waals surface area contributed by atoms with E-state index >= 15 is 0 Å². The van der Waals surface area contributed by atoms with E-state index in [1.807, 2.05) is 0 Å². The fourth-order valence-corrected chi connectivity index (χ4v) is 2.75. The van der Waals surface area contributed by atoms with Crippen LogP contribution in [0.5, 0.6) is 0 Å². The third-order valence-corrected chi connectivity index (χ3v) is 4.32. The number of aromatic carboxylic acids is 1. The second kappa shape index (κ2) is 4.54. The van der Waals surface area contributed by atoms with Crippen LogP contribution in [0.1, 0.15) is 15.2 Å². The molecule has 2 aromatic heterocycles. The first-order valence-electron chi connectivity index (χ1n) is 4.90. The second-order valence-corrected chi connectivity index (χ2v) is 6.66. The highest BCUT2D eigenvalue weighted by Crippen LogP contribution is 2.18. The van der Waals surface area contributed by atoms with Crippen LogP contribution in [0.25, 0.3) is 0 Å². The normalized spacial score (nSPS) is 11.6. The Bertz CT molecular complexity index is 684. The van der Waals surface area contributed by atoms with Crippen LogP contribution in [-0.2, 0) is 16.4 Å². The highest BCUT2D eigenvalue weighted by Gasteiger charge is 2.14. The summed E-state index contributed by atoms with van der Waals surface area (Å²) < 4.78 is 24.0. The van der Waals surface area contributed by atoms with E-state index in [1.165, 1.54) is 17.1 Å². The Morgan fingerprint density at radius 1 is 1.56 bits per heavy atom. The van der Waals surface area contributed by atoms with Crippen molar-refractivity contribution in [2.24, 2.45) is 0 Å². The number of sulfone groups is 1. The summed E-state index contributed by atoms with van der Waals surface area (Å²) in [4.78, 5) is 11.3. The van der Waals surface area contributed by atoms with Gasteiger partial charge in [0.25, 0.3) is 0 Å². The zero-order valence-corrected chi connectivity index (χ0v) is 11.0. The van der Waals surface area contributed by atoms with Crippen LogP contribution in [0, 0.1) is 0 Å². The summed E-state index contributed by atoms with van der Waals surface area (Å²) in [6, 6.07) is 1.69. The molecule has 0 saturated heterocycles. The molecule has 18 heavy (non-hydrogen) atoms. The zero-order valence-electron chi connectivity index (χ0n) is 9.40. The summed E-state index contributed by atoms with van der Waals surface area (Å²) in [6.45, 7) is 0.237. The first kappa shape index (κ1) is 12.8. The lowest BCUT2D eigenvalue weighted by molar-refractivity contribution is 0.0701. The molecule has 0 aliphatic heterocycles. The molecule has 0 aliphatic rings. The zero-order chi connectivity index (χ0) is 13.3. The van der Waals surface area contributed by atoms with Gasteiger partial charge in [0.15, 0.2) is 9.84 Å². The number of hydrogen-bond donors (Lipinski definition) is 1. The number of aromatic nitrogens is 2. The fraction of sp³-hybridized carbons (Fsp3) is 0.200. The lowest BCUT2D eigenvalue weighted by Gasteiger charge is -2.00. The number of hydrogen-bond acceptors (Lipinski definition) is 5. The van der Waals surface area contributed by atoms with Crippen molar-refractivity contribution in [2.75, 3.05) is 6.26 Å². The van der Waals surface area contributed by atoms with Gasteiger partial charge in [0.2, 0.25) is 0 Å². The average molecular weight is 286 g/mol. The molecule has 2 rings (SSSR count). The number of thiophene rings is 1. The van der Waals surface area contributed by atoms with Crippen LogP contribution >= 0.6 is 11.3 Å². The third-order valence-electron chi connectivity index (χ3n) is 2.31. The van der Waals surface area contributed by atoms with Gasteiger partial charge in [0.05, 0.1) is 12.7 Å². The van der Waals surface area contributed by atoms with Crippen molar-refractivity contribution in [2.45, 2.75) is 11.4 Å². The van der Waals surface area contributed by atoms with Crippen LogP contribution < -0.4 is 0 Å². The molecule has 0 aromatic carbocycles. The number of carbonyl (C=O) groups is 1. The summed E-state index contributed by atoms with van der Waals surface area (Å²) in [5, 5.41) is 14.5. The molecule has 1 N–H and O–H groups in total. The molecular formula is C10H10N2O4S2. The van der Waals surface area contributed by atoms with Gasteiger partial charge in [-0.1, -0.05) is 0 Å². The molecule has 0 fully saturated rings. The van der Waals surface area contributed by atoms with Crippen molar-refractivity contribution in [3.63, 3.8) is 0 Å². The highest BCUT2D eigenvalue weighted by atomic mass is 32.2. The minimum atomic E-state index is -3.28. The van der Waals surface area contributed by atoms with Crippen molar-refractivity contribution in [1.82, 2.24) is 9.78 Å². The molecule has 0 unspecified atom stereocenters. The largest absolute Gasteiger partial charge is 0.477 e. The van der Waals surface area contributed by atoms with Crippen LogP contribution in [0.15, 0.2) is 28.7 Å². The summed E-state index contributed by atoms with van der Waals surface area (Å²) in [5.74, 6) is -0.990. The van der Waals surface area contributed by atoms with Crippen LogP contribution in [0.3, 0.4) is 0 Å². The molecule has 2 heterocycles. The monoisotopic (exact) mass is 286 g/mol. The van der Waals surface area contributed by atoms with Gasteiger partial charge >= 0.3 is 5.97 Å². The molecule has 0 saturated carbocycles. The maximum absolute atomic E-state index is 11.3. The Kier molecular flexibility index (Phi) is 3.22. The van der Waals surface area contributed by atoms with Crippen molar-refractivity contribution >= 4 is 27.1 Å². The Hall–Kier alpha value is -1.67. The molecule has 0 amide bonds. The van der Waals surface area contributed by atoms with E-state index < -0.39 is 15.8 Å². The lowest BCUT2D eigenvalue weighted by atomic mass is 10.2. The standard InChI is InChI=1S/C10H10N2O4S2/c1-18(15,16)8-4-11-12(6-8)5-7-2-3-17-9(7)10(13)14/h2-4,6H,5H2,1H3,(H,13,14). The Labute approximate surface area is 107 Å². The Morgan fingerprint density at radius 3 is 2.83 bits per heavy atom. The quantitative estimate of drug-likeness (QED) is 0.909. The lowest BCUT2D eigenvalue weighted by Crippen LogP contribution is -2.04. The molecule has 0 aliphatic carbocycles. The average Bonchev–Trinajstić information content (AvgIpc) is 2.85. The molecular weight excluding hydrogens is 276 g/mol. The molecule has 0 atom stereocenters. The van der Waals surface area contributed by atoms with Crippen LogP contribution in [0.4, 0.5) is 0 Å². The minimum absolute atomic E-state index is 0.120. The van der Waals surface area contributed by atoms with E-state index in [2.05, 4.69) is 5.10 Å². The molecule has 6 nitrogen and oxygen atoms in total. The summed E-state index contributed by atoms with van der Waals surface area (Å²) in [6.07, 6.45) is 3.74. The maximum Gasteiger partial charge on any atom is 0.346 e. The molecule has 8 heteroatoms. The summed E-state index contributed by atoms with van der Waals surface area (Å²) in [5.41, 5.74) is 0.607. The van der Waals surface area contributed by atoms with E-state index in [-0.39, 0.29) is 16.3 Å². The maximum atomic E-state index is 11.3. The van der Waals surface area contributed by atoms with E-state index in [9.17, 15) is 13.2 Å². The predicted octanol–water partition coefficient (Wildman–Crippen LogP) is 1.09. The van der Waals surface area contributed by atoms with Crippen molar-refractivity contribution in [3.8, 4) is 0 Å². The Balaban J connectivity index is 2.27.